The number of ether oxygens (including phenoxy) is 2. The molecule has 6 heteroatoms. The molecule has 0 saturated carbocycles. The molecule has 0 aliphatic carbocycles. The van der Waals surface area contributed by atoms with Crippen LogP contribution in [0.3, 0.4) is 0 Å². The van der Waals surface area contributed by atoms with E-state index in [4.69, 9.17) is 18.5 Å². The summed E-state index contributed by atoms with van der Waals surface area (Å²) in [6, 6.07) is 4.42. The van der Waals surface area contributed by atoms with Crippen molar-refractivity contribution in [2.45, 2.75) is 143 Å². The zero-order chi connectivity index (χ0) is 29.4. The van der Waals surface area contributed by atoms with Gasteiger partial charge in [-0.25, -0.2) is 0 Å². The zero-order valence-corrected chi connectivity index (χ0v) is 27.7. The number of carbonyl (C=O) groups excluding carboxylic acids is 1. The monoisotopic (exact) mass is 552 g/mol. The molecule has 1 atom stereocenters. The minimum absolute atomic E-state index is 0.0691. The molecular formula is C32H57O5P. The molecule has 0 aliphatic rings. The van der Waals surface area contributed by atoms with Gasteiger partial charge in [0.15, 0.2) is 0 Å². The van der Waals surface area contributed by atoms with Crippen LogP contribution in [0, 0.1) is 0 Å². The molecule has 0 aromatic heterocycles. The van der Waals surface area contributed by atoms with Crippen molar-refractivity contribution in [2.24, 2.45) is 0 Å². The minimum Gasteiger partial charge on any atom is -0.469 e. The first-order chi connectivity index (χ1) is 17.3. The van der Waals surface area contributed by atoms with E-state index in [0.717, 1.165) is 54.7 Å². The molecule has 0 amide bonds. The van der Waals surface area contributed by atoms with Gasteiger partial charge in [-0.2, -0.15) is 0 Å². The van der Waals surface area contributed by atoms with Gasteiger partial charge in [-0.15, -0.1) is 0 Å². The third kappa shape index (κ3) is 12.8. The van der Waals surface area contributed by atoms with Crippen LogP contribution in [0.1, 0.15) is 132 Å². The van der Waals surface area contributed by atoms with Crippen molar-refractivity contribution in [1.29, 1.82) is 0 Å². The molecule has 5 nitrogen and oxygen atoms in total. The van der Waals surface area contributed by atoms with Crippen molar-refractivity contribution in [1.82, 2.24) is 0 Å². The van der Waals surface area contributed by atoms with Crippen LogP contribution in [-0.2, 0) is 36.0 Å². The summed E-state index contributed by atoms with van der Waals surface area (Å²) >= 11 is 0. The van der Waals surface area contributed by atoms with Crippen LogP contribution in [-0.4, -0.2) is 37.0 Å². The number of esters is 1. The topological polar surface area (TPSA) is 54.0 Å². The van der Waals surface area contributed by atoms with Crippen LogP contribution in [0.4, 0.5) is 0 Å². The Labute approximate surface area is 235 Å². The predicted molar refractivity (Wildman–Crippen MR) is 162 cm³/mol. The minimum atomic E-state index is -1.18. The lowest BCUT2D eigenvalue weighted by Gasteiger charge is -2.35. The number of aryl methyl sites for hydroxylation is 1. The number of carbonyl (C=O) groups is 1. The van der Waals surface area contributed by atoms with E-state index in [1.54, 1.807) is 0 Å². The second kappa shape index (κ2) is 14.5. The third-order valence-corrected chi connectivity index (χ3v) is 7.98. The summed E-state index contributed by atoms with van der Waals surface area (Å²) in [6.07, 6.45) is 5.36. The summed E-state index contributed by atoms with van der Waals surface area (Å²) < 4.78 is 24.1. The van der Waals surface area contributed by atoms with E-state index in [9.17, 15) is 4.79 Å². The molecule has 38 heavy (non-hydrogen) atoms. The summed E-state index contributed by atoms with van der Waals surface area (Å²) in [5.74, 6) is 0.749. The van der Waals surface area contributed by atoms with Crippen molar-refractivity contribution in [2.75, 3.05) is 20.3 Å². The average molecular weight is 553 g/mol. The first-order valence-electron chi connectivity index (χ1n) is 14.3. The number of rotatable bonds is 13. The van der Waals surface area contributed by atoms with Crippen molar-refractivity contribution in [3.05, 3.63) is 28.8 Å². The van der Waals surface area contributed by atoms with Crippen molar-refractivity contribution in [3.8, 4) is 5.75 Å². The van der Waals surface area contributed by atoms with Crippen LogP contribution in [0.15, 0.2) is 12.1 Å². The standard InChI is InChI=1S/C32H57O5P/c1-29(2,3)25-22-24(18-19-27(33)34-13)23-26(30(4,5)6)28(25)37-38(32(10,11)12)36-21-17-15-14-16-20-35-31(7,8)9/h22-23H,14-21H2,1-13H3. The molecule has 220 valence electrons. The van der Waals surface area contributed by atoms with Gasteiger partial charge in [-0.05, 0) is 56.4 Å². The molecule has 1 rings (SSSR count). The van der Waals surface area contributed by atoms with Gasteiger partial charge in [0.1, 0.15) is 5.75 Å². The molecule has 1 aromatic rings. The van der Waals surface area contributed by atoms with Gasteiger partial charge < -0.3 is 18.5 Å². The zero-order valence-electron chi connectivity index (χ0n) is 26.8. The fraction of sp³-hybridized carbons (Fsp3) is 0.781. The molecule has 1 aromatic carbocycles. The van der Waals surface area contributed by atoms with Crippen molar-refractivity contribution >= 4 is 14.3 Å². The molecule has 0 fully saturated rings. The van der Waals surface area contributed by atoms with Crippen LogP contribution < -0.4 is 4.52 Å². The molecule has 0 saturated heterocycles. The van der Waals surface area contributed by atoms with Gasteiger partial charge >= 0.3 is 5.97 Å². The molecule has 0 aliphatic heterocycles. The highest BCUT2D eigenvalue weighted by atomic mass is 31.2. The van der Waals surface area contributed by atoms with Gasteiger partial charge in [0, 0.05) is 29.3 Å². The summed E-state index contributed by atoms with van der Waals surface area (Å²) in [7, 11) is 0.264. The fourth-order valence-corrected chi connectivity index (χ4v) is 5.29. The van der Waals surface area contributed by atoms with Gasteiger partial charge in [0.05, 0.1) is 19.3 Å². The van der Waals surface area contributed by atoms with E-state index in [1.165, 1.54) is 7.11 Å². The predicted octanol–water partition coefficient (Wildman–Crippen LogP) is 9.27. The average Bonchev–Trinajstić information content (AvgIpc) is 2.75. The molecule has 0 heterocycles. The summed E-state index contributed by atoms with van der Waals surface area (Å²) in [5.41, 5.74) is 3.11. The Bertz CT molecular complexity index is 831. The lowest BCUT2D eigenvalue weighted by Crippen LogP contribution is -2.23. The highest BCUT2D eigenvalue weighted by Crippen LogP contribution is 2.55. The Balaban J connectivity index is 3.11. The quantitative estimate of drug-likeness (QED) is 0.139. The van der Waals surface area contributed by atoms with E-state index < -0.39 is 8.38 Å². The maximum atomic E-state index is 11.8. The van der Waals surface area contributed by atoms with E-state index in [2.05, 4.69) is 95.2 Å². The smallest absolute Gasteiger partial charge is 0.305 e. The normalized spacial score (nSPS) is 13.9. The van der Waals surface area contributed by atoms with Crippen LogP contribution in [0.5, 0.6) is 5.75 Å². The Morgan fingerprint density at radius 3 is 1.68 bits per heavy atom. The van der Waals surface area contributed by atoms with Gasteiger partial charge in [-0.3, -0.25) is 4.79 Å². The molecule has 0 radical (unpaired) electrons. The van der Waals surface area contributed by atoms with E-state index in [0.29, 0.717) is 19.4 Å². The SMILES string of the molecule is COC(=O)CCc1cc(C(C)(C)C)c(OP(OCCCCCCOC(C)(C)C)C(C)(C)C)c(C(C)(C)C)c1. The van der Waals surface area contributed by atoms with Gasteiger partial charge in [0.25, 0.3) is 0 Å². The van der Waals surface area contributed by atoms with Crippen molar-refractivity contribution < 1.29 is 23.3 Å². The summed E-state index contributed by atoms with van der Waals surface area (Å²) in [4.78, 5) is 11.8. The maximum absolute atomic E-state index is 11.8. The number of benzene rings is 1. The number of hydrogen-bond acceptors (Lipinski definition) is 5. The number of methoxy groups -OCH3 is 1. The van der Waals surface area contributed by atoms with E-state index >= 15 is 0 Å². The summed E-state index contributed by atoms with van der Waals surface area (Å²) in [5, 5.41) is -0.135. The molecular weight excluding hydrogens is 495 g/mol. The Hall–Kier alpha value is -1.16. The van der Waals surface area contributed by atoms with Crippen LogP contribution in [0.25, 0.3) is 0 Å². The first-order valence-corrected chi connectivity index (χ1v) is 15.4. The maximum Gasteiger partial charge on any atom is 0.305 e. The summed E-state index contributed by atoms with van der Waals surface area (Å²) in [6.45, 7) is 27.7. The molecule has 0 spiro atoms. The molecule has 1 unspecified atom stereocenters. The molecule has 0 bridgehead atoms. The van der Waals surface area contributed by atoms with Gasteiger partial charge in [-0.1, -0.05) is 87.3 Å². The second-order valence-electron chi connectivity index (χ2n) is 14.3. The lowest BCUT2D eigenvalue weighted by atomic mass is 9.78. The lowest BCUT2D eigenvalue weighted by molar-refractivity contribution is -0.140. The van der Waals surface area contributed by atoms with E-state index in [-0.39, 0.29) is 27.6 Å². The van der Waals surface area contributed by atoms with Gasteiger partial charge in [0.2, 0.25) is 8.38 Å². The molecule has 0 N–H and O–H groups in total. The van der Waals surface area contributed by atoms with Crippen LogP contribution in [0.2, 0.25) is 0 Å². The number of hydrogen-bond donors (Lipinski definition) is 0. The Morgan fingerprint density at radius 2 is 1.26 bits per heavy atom. The Kier molecular flexibility index (Phi) is 13.3. The first kappa shape index (κ1) is 34.9. The van der Waals surface area contributed by atoms with Crippen molar-refractivity contribution in [3.63, 3.8) is 0 Å². The fourth-order valence-electron chi connectivity index (χ4n) is 3.92. The largest absolute Gasteiger partial charge is 0.469 e. The Morgan fingerprint density at radius 1 is 0.763 bits per heavy atom. The number of unbranched alkanes of at least 4 members (excludes halogenated alkanes) is 3. The highest BCUT2D eigenvalue weighted by molar-refractivity contribution is 7.49. The highest BCUT2D eigenvalue weighted by Gasteiger charge is 2.34. The van der Waals surface area contributed by atoms with E-state index in [1.807, 2.05) is 0 Å². The third-order valence-electron chi connectivity index (χ3n) is 6.11. The van der Waals surface area contributed by atoms with Crippen LogP contribution >= 0.6 is 8.38 Å². The second-order valence-corrected chi connectivity index (χ2v) is 16.6.